The Morgan fingerprint density at radius 2 is 1.68 bits per heavy atom. The molecular weight excluding hydrogens is 494 g/mol. The minimum atomic E-state index is -3.93. The SMILES string of the molecule is COc1ccccc1-c1ccc(S(=O)(=O)[N+]2(Cc3cccnc3)Cc3cccn3Cc3ccccc32)cc1. The summed E-state index contributed by atoms with van der Waals surface area (Å²) in [5.74, 6) is 0.741. The molecule has 0 saturated heterocycles. The maximum Gasteiger partial charge on any atom is 0.332 e. The van der Waals surface area contributed by atoms with Crippen LogP contribution >= 0.6 is 0 Å². The molecular formula is C31H28N3O3S+. The lowest BCUT2D eigenvalue weighted by Crippen LogP contribution is -2.52. The number of ether oxygens (including phenoxy) is 1. The summed E-state index contributed by atoms with van der Waals surface area (Å²) in [5.41, 5.74) is 5.41. The van der Waals surface area contributed by atoms with E-state index in [-0.39, 0.29) is 15.3 Å². The maximum absolute atomic E-state index is 14.8. The minimum Gasteiger partial charge on any atom is -0.496 e. The smallest absolute Gasteiger partial charge is 0.332 e. The zero-order valence-corrected chi connectivity index (χ0v) is 21.9. The van der Waals surface area contributed by atoms with E-state index in [0.29, 0.717) is 13.1 Å². The number of hydrogen-bond acceptors (Lipinski definition) is 4. The van der Waals surface area contributed by atoms with E-state index in [2.05, 4.69) is 9.55 Å². The lowest BCUT2D eigenvalue weighted by atomic mass is 10.1. The molecule has 190 valence electrons. The van der Waals surface area contributed by atoms with E-state index in [1.807, 2.05) is 91.1 Å². The second-order valence-electron chi connectivity index (χ2n) is 9.52. The van der Waals surface area contributed by atoms with Gasteiger partial charge in [0.05, 0.1) is 19.3 Å². The highest BCUT2D eigenvalue weighted by molar-refractivity contribution is 7.91. The van der Waals surface area contributed by atoms with Crippen LogP contribution in [0.1, 0.15) is 16.8 Å². The standard InChI is InChI=1S/C31H28N3O3S/c1-37-31-13-5-3-11-29(31)25-14-16-28(17-15-25)38(35,36)34(22-24-8-6-18-32-20-24)23-27-10-7-19-33(27)21-26-9-2-4-12-30(26)34/h2-20H,21-23H2,1H3/q+1. The molecule has 6 rings (SSSR count). The molecule has 38 heavy (non-hydrogen) atoms. The van der Waals surface area contributed by atoms with Crippen molar-refractivity contribution < 1.29 is 13.2 Å². The summed E-state index contributed by atoms with van der Waals surface area (Å²) >= 11 is 0. The van der Waals surface area contributed by atoms with Gasteiger partial charge in [-0.05, 0) is 42.0 Å². The molecule has 1 atom stereocenters. The molecule has 0 aliphatic carbocycles. The Bertz CT molecular complexity index is 1700. The number of sulfonamides is 1. The highest BCUT2D eigenvalue weighted by Gasteiger charge is 2.48. The Labute approximate surface area is 223 Å². The van der Waals surface area contributed by atoms with Gasteiger partial charge in [0.2, 0.25) is 0 Å². The number of rotatable bonds is 6. The van der Waals surface area contributed by atoms with Crippen molar-refractivity contribution in [2.45, 2.75) is 24.5 Å². The molecule has 0 fully saturated rings. The third kappa shape index (κ3) is 4.00. The third-order valence-electron chi connectivity index (χ3n) is 7.30. The number of pyridine rings is 1. The van der Waals surface area contributed by atoms with Gasteiger partial charge in [-0.25, -0.2) is 0 Å². The molecule has 3 heterocycles. The molecule has 0 amide bonds. The van der Waals surface area contributed by atoms with Crippen LogP contribution in [0.25, 0.3) is 11.1 Å². The first-order valence-corrected chi connectivity index (χ1v) is 13.9. The van der Waals surface area contributed by atoms with E-state index in [4.69, 9.17) is 4.74 Å². The molecule has 0 radical (unpaired) electrons. The summed E-state index contributed by atoms with van der Waals surface area (Å²) in [5, 5.41) is 0. The maximum atomic E-state index is 14.8. The molecule has 0 spiro atoms. The van der Waals surface area contributed by atoms with Gasteiger partial charge >= 0.3 is 10.0 Å². The van der Waals surface area contributed by atoms with Crippen molar-refractivity contribution in [3.8, 4) is 16.9 Å². The first-order chi connectivity index (χ1) is 18.5. The second-order valence-corrected chi connectivity index (χ2v) is 11.6. The number of hydrogen-bond donors (Lipinski definition) is 0. The molecule has 7 heteroatoms. The van der Waals surface area contributed by atoms with E-state index < -0.39 is 10.0 Å². The number of fused-ring (bicyclic) bond motifs is 2. The number of methoxy groups -OCH3 is 1. The molecule has 6 nitrogen and oxygen atoms in total. The highest BCUT2D eigenvalue weighted by Crippen LogP contribution is 2.42. The lowest BCUT2D eigenvalue weighted by Gasteiger charge is -2.36. The van der Waals surface area contributed by atoms with Gasteiger partial charge in [0, 0.05) is 41.3 Å². The fourth-order valence-electron chi connectivity index (χ4n) is 5.44. The lowest BCUT2D eigenvalue weighted by molar-refractivity contribution is 0.389. The van der Waals surface area contributed by atoms with E-state index in [0.717, 1.165) is 39.4 Å². The normalized spacial score (nSPS) is 16.8. The van der Waals surface area contributed by atoms with Crippen LogP contribution in [0.5, 0.6) is 5.75 Å². The molecule has 3 aromatic carbocycles. The summed E-state index contributed by atoms with van der Waals surface area (Å²) in [6, 6.07) is 30.6. The third-order valence-corrected chi connectivity index (χ3v) is 9.55. The fraction of sp³-hybridized carbons (Fsp3) is 0.129. The Hall–Kier alpha value is -4.20. The van der Waals surface area contributed by atoms with Crippen molar-refractivity contribution in [3.63, 3.8) is 0 Å². The Kier molecular flexibility index (Phi) is 6.10. The average Bonchev–Trinajstić information content (AvgIpc) is 3.34. The van der Waals surface area contributed by atoms with Gasteiger partial charge in [-0.15, -0.1) is 0 Å². The van der Waals surface area contributed by atoms with Crippen molar-refractivity contribution in [2.75, 3.05) is 7.11 Å². The van der Waals surface area contributed by atoms with E-state index in [1.54, 1.807) is 31.6 Å². The zero-order chi connectivity index (χ0) is 26.2. The fourth-order valence-corrected chi connectivity index (χ4v) is 7.38. The van der Waals surface area contributed by atoms with Crippen LogP contribution < -0.4 is 8.63 Å². The van der Waals surface area contributed by atoms with Crippen molar-refractivity contribution in [3.05, 3.63) is 132 Å². The average molecular weight is 523 g/mol. The molecule has 1 unspecified atom stereocenters. The zero-order valence-electron chi connectivity index (χ0n) is 21.1. The Morgan fingerprint density at radius 1 is 0.895 bits per heavy atom. The summed E-state index contributed by atoms with van der Waals surface area (Å²) in [6.45, 7) is 1.18. The van der Waals surface area contributed by atoms with Gasteiger partial charge in [0.25, 0.3) is 0 Å². The molecule has 1 aliphatic heterocycles. The first-order valence-electron chi connectivity index (χ1n) is 12.5. The summed E-state index contributed by atoms with van der Waals surface area (Å²) in [6.07, 6.45) is 5.48. The number of benzene rings is 3. The molecule has 0 bridgehead atoms. The Balaban J connectivity index is 1.54. The molecule has 0 N–H and O–H groups in total. The summed E-state index contributed by atoms with van der Waals surface area (Å²) in [7, 11) is -2.29. The van der Waals surface area contributed by atoms with Crippen molar-refractivity contribution in [1.29, 1.82) is 0 Å². The van der Waals surface area contributed by atoms with Gasteiger partial charge < -0.3 is 9.30 Å². The van der Waals surface area contributed by atoms with Crippen LogP contribution in [0, 0.1) is 0 Å². The largest absolute Gasteiger partial charge is 0.496 e. The van der Waals surface area contributed by atoms with Crippen LogP contribution in [0.3, 0.4) is 0 Å². The first kappa shape index (κ1) is 24.2. The summed E-state index contributed by atoms with van der Waals surface area (Å²) in [4.78, 5) is 4.56. The number of aromatic nitrogens is 2. The minimum absolute atomic E-state index is 0.257. The van der Waals surface area contributed by atoms with Gasteiger partial charge in [-0.2, -0.15) is 12.3 Å². The van der Waals surface area contributed by atoms with Crippen LogP contribution in [0.4, 0.5) is 5.69 Å². The number of para-hydroxylation sites is 2. The van der Waals surface area contributed by atoms with Gasteiger partial charge in [0.1, 0.15) is 23.7 Å². The number of nitrogens with zero attached hydrogens (tertiary/aromatic N) is 3. The molecule has 2 aromatic heterocycles. The van der Waals surface area contributed by atoms with Gasteiger partial charge in [-0.1, -0.05) is 54.6 Å². The van der Waals surface area contributed by atoms with Gasteiger partial charge in [-0.3, -0.25) is 4.98 Å². The molecule has 5 aromatic rings. The van der Waals surface area contributed by atoms with Crippen LogP contribution in [0.2, 0.25) is 0 Å². The predicted octanol–water partition coefficient (Wildman–Crippen LogP) is 6.02. The van der Waals surface area contributed by atoms with Crippen molar-refractivity contribution >= 4 is 15.7 Å². The molecule has 1 aliphatic rings. The second kappa shape index (κ2) is 9.59. The number of quaternary nitrogens is 1. The van der Waals surface area contributed by atoms with E-state index >= 15 is 0 Å². The quantitative estimate of drug-likeness (QED) is 0.256. The van der Waals surface area contributed by atoms with Crippen LogP contribution in [-0.2, 0) is 29.7 Å². The van der Waals surface area contributed by atoms with Gasteiger partial charge in [0.15, 0.2) is 5.69 Å². The van der Waals surface area contributed by atoms with Crippen LogP contribution in [-0.4, -0.2) is 25.1 Å². The summed E-state index contributed by atoms with van der Waals surface area (Å²) < 4.78 is 37.1. The predicted molar refractivity (Wildman–Crippen MR) is 149 cm³/mol. The Morgan fingerprint density at radius 3 is 2.47 bits per heavy atom. The van der Waals surface area contributed by atoms with E-state index in [1.165, 1.54) is 0 Å². The van der Waals surface area contributed by atoms with Crippen molar-refractivity contribution in [1.82, 2.24) is 13.4 Å². The van der Waals surface area contributed by atoms with Crippen molar-refractivity contribution in [2.24, 2.45) is 0 Å². The van der Waals surface area contributed by atoms with Crippen LogP contribution in [0.15, 0.2) is 121 Å². The topological polar surface area (TPSA) is 61.2 Å². The molecule has 0 saturated carbocycles. The van der Waals surface area contributed by atoms with E-state index in [9.17, 15) is 8.42 Å². The monoisotopic (exact) mass is 522 g/mol. The highest BCUT2D eigenvalue weighted by atomic mass is 32.2.